The van der Waals surface area contributed by atoms with Crippen LogP contribution in [-0.4, -0.2) is 12.6 Å². The summed E-state index contributed by atoms with van der Waals surface area (Å²) in [5, 5.41) is 0. The van der Waals surface area contributed by atoms with Gasteiger partial charge in [0.1, 0.15) is 0 Å². The molecule has 0 radical (unpaired) electrons. The summed E-state index contributed by atoms with van der Waals surface area (Å²) in [5.74, 6) is 3.03. The van der Waals surface area contributed by atoms with Crippen molar-refractivity contribution in [1.29, 1.82) is 0 Å². The largest absolute Gasteiger partial charge is 0.368 e. The quantitative estimate of drug-likeness (QED) is 0.752. The molecule has 5 rings (SSSR count). The van der Waals surface area contributed by atoms with Crippen molar-refractivity contribution in [1.82, 2.24) is 0 Å². The fourth-order valence-electron chi connectivity index (χ4n) is 5.45. The third-order valence-electron chi connectivity index (χ3n) is 5.93. The van der Waals surface area contributed by atoms with Gasteiger partial charge in [0, 0.05) is 17.1 Å². The molecule has 1 nitrogen and oxygen atoms in total. The van der Waals surface area contributed by atoms with E-state index in [1.165, 1.54) is 48.7 Å². The van der Waals surface area contributed by atoms with Crippen LogP contribution in [-0.2, 0) is 0 Å². The van der Waals surface area contributed by atoms with Crippen LogP contribution >= 0.6 is 15.9 Å². The Morgan fingerprint density at radius 2 is 1.53 bits per heavy atom. The molecule has 19 heavy (non-hydrogen) atoms. The van der Waals surface area contributed by atoms with Crippen molar-refractivity contribution in [3.63, 3.8) is 0 Å². The fourth-order valence-corrected chi connectivity index (χ4v) is 6.01. The first-order valence-electron chi connectivity index (χ1n) is 7.65. The minimum Gasteiger partial charge on any atom is -0.368 e. The Morgan fingerprint density at radius 1 is 1.00 bits per heavy atom. The topological polar surface area (TPSA) is 3.24 Å². The Morgan fingerprint density at radius 3 is 2.05 bits per heavy atom. The Hall–Kier alpha value is -0.500. The standard InChI is InChI=1S/C17H22BrN/c1-19(16-5-3-2-4-15(16)18)17-9-12-6-13(10-17)8-14(7-12)11-17/h2-5,12-14H,6-11H2,1H3. The number of para-hydroxylation sites is 1. The third kappa shape index (κ3) is 1.86. The molecule has 2 heteroatoms. The maximum absolute atomic E-state index is 3.73. The molecular formula is C17H22BrN. The van der Waals surface area contributed by atoms with Gasteiger partial charge in [-0.05, 0) is 84.3 Å². The molecule has 4 saturated carbocycles. The summed E-state index contributed by atoms with van der Waals surface area (Å²) in [4.78, 5) is 2.61. The molecule has 0 unspecified atom stereocenters. The normalized spacial score (nSPS) is 39.6. The van der Waals surface area contributed by atoms with Crippen molar-refractivity contribution in [2.24, 2.45) is 17.8 Å². The van der Waals surface area contributed by atoms with Gasteiger partial charge in [0.25, 0.3) is 0 Å². The first kappa shape index (κ1) is 12.3. The number of nitrogens with zero attached hydrogens (tertiary/aromatic N) is 1. The van der Waals surface area contributed by atoms with Gasteiger partial charge in [0.15, 0.2) is 0 Å². The number of anilines is 1. The van der Waals surface area contributed by atoms with Gasteiger partial charge < -0.3 is 4.90 Å². The van der Waals surface area contributed by atoms with Crippen LogP contribution in [0.15, 0.2) is 28.7 Å². The van der Waals surface area contributed by atoms with Crippen molar-refractivity contribution >= 4 is 21.6 Å². The van der Waals surface area contributed by atoms with Gasteiger partial charge in [-0.1, -0.05) is 12.1 Å². The summed E-state index contributed by atoms with van der Waals surface area (Å²) in [6, 6.07) is 8.72. The minimum absolute atomic E-state index is 0.457. The van der Waals surface area contributed by atoms with Gasteiger partial charge in [-0.3, -0.25) is 0 Å². The van der Waals surface area contributed by atoms with Crippen molar-refractivity contribution in [2.45, 2.75) is 44.1 Å². The van der Waals surface area contributed by atoms with Crippen LogP contribution in [0.1, 0.15) is 38.5 Å². The molecule has 0 saturated heterocycles. The Kier molecular flexibility index (Phi) is 2.74. The van der Waals surface area contributed by atoms with E-state index in [9.17, 15) is 0 Å². The zero-order valence-corrected chi connectivity index (χ0v) is 13.2. The first-order chi connectivity index (χ1) is 9.16. The zero-order chi connectivity index (χ0) is 13.0. The first-order valence-corrected chi connectivity index (χ1v) is 8.44. The molecule has 102 valence electrons. The smallest absolute Gasteiger partial charge is 0.0512 e. The second-order valence-electron chi connectivity index (χ2n) is 7.15. The lowest BCUT2D eigenvalue weighted by molar-refractivity contribution is -0.00205. The predicted molar refractivity (Wildman–Crippen MR) is 83.4 cm³/mol. The van der Waals surface area contributed by atoms with Gasteiger partial charge in [-0.15, -0.1) is 0 Å². The summed E-state index contributed by atoms with van der Waals surface area (Å²) < 4.78 is 1.24. The van der Waals surface area contributed by atoms with Crippen LogP contribution in [0.5, 0.6) is 0 Å². The maximum Gasteiger partial charge on any atom is 0.0512 e. The second-order valence-corrected chi connectivity index (χ2v) is 8.01. The van der Waals surface area contributed by atoms with Gasteiger partial charge >= 0.3 is 0 Å². The molecule has 4 aliphatic carbocycles. The van der Waals surface area contributed by atoms with Crippen LogP contribution in [0.25, 0.3) is 0 Å². The molecule has 0 aromatic heterocycles. The number of benzene rings is 1. The van der Waals surface area contributed by atoms with E-state index in [1.807, 2.05) is 0 Å². The SMILES string of the molecule is CN(c1ccccc1Br)C12CC3CC(CC(C3)C1)C2. The van der Waals surface area contributed by atoms with Crippen molar-refractivity contribution in [3.8, 4) is 0 Å². The maximum atomic E-state index is 3.73. The molecule has 1 aromatic rings. The highest BCUT2D eigenvalue weighted by Crippen LogP contribution is 2.58. The number of rotatable bonds is 2. The molecule has 0 N–H and O–H groups in total. The summed E-state index contributed by atoms with van der Waals surface area (Å²) in [6.45, 7) is 0. The van der Waals surface area contributed by atoms with E-state index in [-0.39, 0.29) is 0 Å². The van der Waals surface area contributed by atoms with Gasteiger partial charge in [0.05, 0.1) is 5.69 Å². The van der Waals surface area contributed by atoms with E-state index in [1.54, 1.807) is 0 Å². The molecule has 0 aliphatic heterocycles. The van der Waals surface area contributed by atoms with Gasteiger partial charge in [-0.2, -0.15) is 0 Å². The summed E-state index contributed by atoms with van der Waals surface area (Å²) >= 11 is 3.73. The third-order valence-corrected chi connectivity index (χ3v) is 6.60. The highest BCUT2D eigenvalue weighted by Gasteiger charge is 2.52. The van der Waals surface area contributed by atoms with E-state index in [0.29, 0.717) is 5.54 Å². The molecule has 4 aliphatic rings. The van der Waals surface area contributed by atoms with E-state index in [0.717, 1.165) is 17.8 Å². The lowest BCUT2D eigenvalue weighted by Gasteiger charge is -2.60. The zero-order valence-electron chi connectivity index (χ0n) is 11.6. The average molecular weight is 320 g/mol. The second kappa shape index (κ2) is 4.25. The summed E-state index contributed by atoms with van der Waals surface area (Å²) in [5.41, 5.74) is 1.84. The van der Waals surface area contributed by atoms with Crippen molar-refractivity contribution in [3.05, 3.63) is 28.7 Å². The molecule has 4 bridgehead atoms. The average Bonchev–Trinajstić information content (AvgIpc) is 2.37. The van der Waals surface area contributed by atoms with Crippen molar-refractivity contribution < 1.29 is 0 Å². The molecule has 0 spiro atoms. The number of halogens is 1. The fraction of sp³-hybridized carbons (Fsp3) is 0.647. The van der Waals surface area contributed by atoms with Crippen LogP contribution in [0.4, 0.5) is 5.69 Å². The lowest BCUT2D eigenvalue weighted by atomic mass is 9.52. The highest BCUT2D eigenvalue weighted by atomic mass is 79.9. The Balaban J connectivity index is 1.70. The molecule has 4 fully saturated rings. The monoisotopic (exact) mass is 319 g/mol. The van der Waals surface area contributed by atoms with Crippen LogP contribution < -0.4 is 4.90 Å². The molecule has 1 aromatic carbocycles. The van der Waals surface area contributed by atoms with Crippen LogP contribution in [0, 0.1) is 17.8 Å². The van der Waals surface area contributed by atoms with E-state index >= 15 is 0 Å². The molecule has 0 heterocycles. The van der Waals surface area contributed by atoms with E-state index in [2.05, 4.69) is 52.1 Å². The Labute approximate surface area is 124 Å². The van der Waals surface area contributed by atoms with E-state index in [4.69, 9.17) is 0 Å². The lowest BCUT2D eigenvalue weighted by Crippen LogP contribution is -2.59. The van der Waals surface area contributed by atoms with E-state index < -0.39 is 0 Å². The number of hydrogen-bond acceptors (Lipinski definition) is 1. The van der Waals surface area contributed by atoms with Crippen LogP contribution in [0.3, 0.4) is 0 Å². The van der Waals surface area contributed by atoms with Crippen LogP contribution in [0.2, 0.25) is 0 Å². The Bertz CT molecular complexity index is 461. The molecule has 0 amide bonds. The predicted octanol–water partition coefficient (Wildman–Crippen LogP) is 4.85. The van der Waals surface area contributed by atoms with Crippen molar-refractivity contribution in [2.75, 3.05) is 11.9 Å². The highest BCUT2D eigenvalue weighted by molar-refractivity contribution is 9.10. The molecular weight excluding hydrogens is 298 g/mol. The minimum atomic E-state index is 0.457. The summed E-state index contributed by atoms with van der Waals surface area (Å²) in [7, 11) is 2.33. The number of hydrogen-bond donors (Lipinski definition) is 0. The van der Waals surface area contributed by atoms with Gasteiger partial charge in [0.2, 0.25) is 0 Å². The van der Waals surface area contributed by atoms with Gasteiger partial charge in [-0.25, -0.2) is 0 Å². The molecule has 0 atom stereocenters. The summed E-state index contributed by atoms with van der Waals surface area (Å²) in [6.07, 6.45) is 8.83.